The highest BCUT2D eigenvalue weighted by Crippen LogP contribution is 2.32. The van der Waals surface area contributed by atoms with Gasteiger partial charge in [-0.1, -0.05) is 89.0 Å². The summed E-state index contributed by atoms with van der Waals surface area (Å²) in [6.07, 6.45) is 5.39. The SMILES string of the molecule is C#CCN(C(=O)NCc1ccc(Cl)c(Cl)c1)N1CC(=O)N2[C@@H](Cc3ccccc3)C(=O)N(Cc3cccc4sc(N)nc34)C[C@@H]21. The predicted octanol–water partition coefficient (Wildman–Crippen LogP) is 4.37. The molecule has 6 rings (SSSR count). The lowest BCUT2D eigenvalue weighted by molar-refractivity contribution is -0.157. The molecule has 0 aliphatic carbocycles. The van der Waals surface area contributed by atoms with E-state index < -0.39 is 18.2 Å². The first-order valence-electron chi connectivity index (χ1n) is 14.2. The second-order valence-corrected chi connectivity index (χ2v) is 12.7. The number of aromatic nitrogens is 1. The van der Waals surface area contributed by atoms with Crippen molar-refractivity contribution < 1.29 is 14.4 Å². The summed E-state index contributed by atoms with van der Waals surface area (Å²) in [5, 5.41) is 7.11. The highest BCUT2D eigenvalue weighted by atomic mass is 35.5. The number of piperazine rings is 1. The Morgan fingerprint density at radius 1 is 1.09 bits per heavy atom. The number of nitrogens with zero attached hydrogens (tertiary/aromatic N) is 5. The van der Waals surface area contributed by atoms with Gasteiger partial charge in [0, 0.05) is 19.5 Å². The number of para-hydroxylation sites is 1. The lowest BCUT2D eigenvalue weighted by Gasteiger charge is -2.46. The number of terminal acetylenes is 1. The number of hydrogen-bond donors (Lipinski definition) is 2. The Hall–Kier alpha value is -4.34. The normalized spacial score (nSPS) is 18.2. The van der Waals surface area contributed by atoms with E-state index in [0.717, 1.165) is 26.9 Å². The molecule has 2 saturated heterocycles. The van der Waals surface area contributed by atoms with Gasteiger partial charge in [0.25, 0.3) is 0 Å². The molecule has 3 N–H and O–H groups in total. The molecule has 2 aliphatic heterocycles. The molecule has 4 amide bonds. The molecule has 2 aliphatic rings. The standard InChI is InChI=1S/C32H29Cl2N7O3S/c1-2-13-39(32(44)36-16-21-11-12-23(33)24(34)14-21)40-19-28(42)41-25(15-20-7-4-3-5-8-20)30(43)38(18-27(40)41)17-22-9-6-10-26-29(22)37-31(35)45-26/h1,3-12,14,25,27H,13,15-19H2,(H2,35,37)(H,36,44)/t25-,27+/m0/s1. The quantitative estimate of drug-likeness (QED) is 0.271. The van der Waals surface area contributed by atoms with Gasteiger partial charge in [0.15, 0.2) is 5.13 Å². The molecule has 230 valence electrons. The minimum atomic E-state index is -0.782. The number of hydrogen-bond acceptors (Lipinski definition) is 7. The number of anilines is 1. The van der Waals surface area contributed by atoms with Crippen LogP contribution in [0.15, 0.2) is 66.7 Å². The summed E-state index contributed by atoms with van der Waals surface area (Å²) in [4.78, 5) is 49.2. The minimum absolute atomic E-state index is 0.0838. The number of fused-ring (bicyclic) bond motifs is 2. The maximum absolute atomic E-state index is 14.1. The van der Waals surface area contributed by atoms with Gasteiger partial charge in [-0.15, -0.1) is 6.42 Å². The Labute approximate surface area is 274 Å². The van der Waals surface area contributed by atoms with E-state index in [-0.39, 0.29) is 44.5 Å². The average Bonchev–Trinajstić information content (AvgIpc) is 3.57. The Morgan fingerprint density at radius 2 is 1.89 bits per heavy atom. The largest absolute Gasteiger partial charge is 0.375 e. The van der Waals surface area contributed by atoms with E-state index in [9.17, 15) is 14.4 Å². The fourth-order valence-electron chi connectivity index (χ4n) is 5.87. The van der Waals surface area contributed by atoms with Crippen molar-refractivity contribution in [3.63, 3.8) is 0 Å². The minimum Gasteiger partial charge on any atom is -0.375 e. The van der Waals surface area contributed by atoms with E-state index in [1.807, 2.05) is 48.5 Å². The zero-order chi connectivity index (χ0) is 31.7. The van der Waals surface area contributed by atoms with Crippen molar-refractivity contribution in [1.82, 2.24) is 30.1 Å². The maximum atomic E-state index is 14.1. The monoisotopic (exact) mass is 661 g/mol. The molecular weight excluding hydrogens is 633 g/mol. The van der Waals surface area contributed by atoms with Crippen LogP contribution in [-0.4, -0.2) is 74.5 Å². The van der Waals surface area contributed by atoms with Crippen molar-refractivity contribution >= 4 is 67.7 Å². The van der Waals surface area contributed by atoms with E-state index in [2.05, 4.69) is 16.2 Å². The van der Waals surface area contributed by atoms with Crippen LogP contribution < -0.4 is 11.1 Å². The van der Waals surface area contributed by atoms with Gasteiger partial charge in [-0.2, -0.15) is 5.01 Å². The summed E-state index contributed by atoms with van der Waals surface area (Å²) in [6.45, 7) is 0.383. The van der Waals surface area contributed by atoms with Crippen LogP contribution in [-0.2, 0) is 29.1 Å². The van der Waals surface area contributed by atoms with E-state index in [1.54, 1.807) is 33.0 Å². The molecule has 3 aromatic carbocycles. The van der Waals surface area contributed by atoms with Crippen molar-refractivity contribution in [1.29, 1.82) is 0 Å². The smallest absolute Gasteiger partial charge is 0.333 e. The highest BCUT2D eigenvalue weighted by Gasteiger charge is 2.52. The number of amides is 4. The lowest BCUT2D eigenvalue weighted by atomic mass is 10.00. The number of carbonyl (C=O) groups is 3. The molecule has 4 aromatic rings. The molecule has 2 atom stereocenters. The predicted molar refractivity (Wildman–Crippen MR) is 175 cm³/mol. The van der Waals surface area contributed by atoms with Gasteiger partial charge in [0.05, 0.1) is 39.9 Å². The summed E-state index contributed by atoms with van der Waals surface area (Å²) in [6, 6.07) is 19.2. The van der Waals surface area contributed by atoms with E-state index in [1.165, 1.54) is 16.3 Å². The number of rotatable bonds is 8. The zero-order valence-electron chi connectivity index (χ0n) is 24.0. The van der Waals surface area contributed by atoms with Crippen LogP contribution in [0.4, 0.5) is 9.93 Å². The van der Waals surface area contributed by atoms with Gasteiger partial charge in [0.1, 0.15) is 12.2 Å². The van der Waals surface area contributed by atoms with Gasteiger partial charge in [-0.05, 0) is 34.9 Å². The van der Waals surface area contributed by atoms with Crippen molar-refractivity contribution in [3.8, 4) is 12.3 Å². The Balaban J connectivity index is 1.30. The van der Waals surface area contributed by atoms with Crippen LogP contribution in [0, 0.1) is 12.3 Å². The number of benzene rings is 3. The first-order valence-corrected chi connectivity index (χ1v) is 15.8. The summed E-state index contributed by atoms with van der Waals surface area (Å²) >= 11 is 13.6. The fraction of sp³-hybridized carbons (Fsp3) is 0.250. The molecule has 45 heavy (non-hydrogen) atoms. The van der Waals surface area contributed by atoms with Gasteiger partial charge >= 0.3 is 6.03 Å². The maximum Gasteiger partial charge on any atom is 0.333 e. The zero-order valence-corrected chi connectivity index (χ0v) is 26.4. The number of nitrogens with one attached hydrogen (secondary N) is 1. The Kier molecular flexibility index (Phi) is 8.83. The van der Waals surface area contributed by atoms with E-state index in [0.29, 0.717) is 21.6 Å². The molecular formula is C32H29Cl2N7O3S. The topological polar surface area (TPSA) is 115 Å². The van der Waals surface area contributed by atoms with Crippen LogP contribution in [0.5, 0.6) is 0 Å². The average molecular weight is 663 g/mol. The van der Waals surface area contributed by atoms with Crippen molar-refractivity contribution in [3.05, 3.63) is 93.5 Å². The summed E-state index contributed by atoms with van der Waals surface area (Å²) in [7, 11) is 0. The number of hydrazine groups is 1. The first kappa shape index (κ1) is 30.7. The van der Waals surface area contributed by atoms with Crippen molar-refractivity contribution in [2.45, 2.75) is 31.7 Å². The van der Waals surface area contributed by atoms with Crippen LogP contribution in [0.1, 0.15) is 16.7 Å². The van der Waals surface area contributed by atoms with Gasteiger partial charge in [-0.25, -0.2) is 14.8 Å². The summed E-state index contributed by atoms with van der Waals surface area (Å²) in [5.74, 6) is 2.10. The Bertz CT molecular complexity index is 1810. The summed E-state index contributed by atoms with van der Waals surface area (Å²) in [5.41, 5.74) is 9.24. The third-order valence-electron chi connectivity index (χ3n) is 7.93. The number of nitrogens with two attached hydrogens (primary N) is 1. The second-order valence-electron chi connectivity index (χ2n) is 10.8. The molecule has 3 heterocycles. The van der Waals surface area contributed by atoms with E-state index >= 15 is 0 Å². The Morgan fingerprint density at radius 3 is 2.64 bits per heavy atom. The van der Waals surface area contributed by atoms with Gasteiger partial charge in [-0.3, -0.25) is 9.59 Å². The first-order chi connectivity index (χ1) is 21.7. The number of carbonyl (C=O) groups excluding carboxylic acids is 3. The van der Waals surface area contributed by atoms with Crippen LogP contribution in [0.2, 0.25) is 10.0 Å². The third-order valence-corrected chi connectivity index (χ3v) is 9.52. The summed E-state index contributed by atoms with van der Waals surface area (Å²) < 4.78 is 0.924. The molecule has 0 saturated carbocycles. The van der Waals surface area contributed by atoms with Crippen molar-refractivity contribution in [2.75, 3.05) is 25.4 Å². The second kappa shape index (κ2) is 12.9. The van der Waals surface area contributed by atoms with E-state index in [4.69, 9.17) is 35.4 Å². The van der Waals surface area contributed by atoms with Gasteiger partial charge in [0.2, 0.25) is 11.8 Å². The molecule has 13 heteroatoms. The number of halogens is 2. The van der Waals surface area contributed by atoms with Crippen LogP contribution in [0.25, 0.3) is 10.2 Å². The van der Waals surface area contributed by atoms with Crippen LogP contribution in [0.3, 0.4) is 0 Å². The highest BCUT2D eigenvalue weighted by molar-refractivity contribution is 7.22. The van der Waals surface area contributed by atoms with Gasteiger partial charge < -0.3 is 20.9 Å². The molecule has 0 bridgehead atoms. The molecule has 0 radical (unpaired) electrons. The molecule has 1 aromatic heterocycles. The number of nitrogen functional groups attached to an aromatic ring is 1. The molecule has 10 nitrogen and oxygen atoms in total. The molecule has 0 spiro atoms. The third kappa shape index (κ3) is 6.28. The molecule has 2 fully saturated rings. The molecule has 0 unspecified atom stereocenters. The van der Waals surface area contributed by atoms with Crippen molar-refractivity contribution in [2.24, 2.45) is 0 Å². The number of thiazole rings is 1. The lowest BCUT2D eigenvalue weighted by Crippen LogP contribution is -2.66. The van der Waals surface area contributed by atoms with Crippen LogP contribution >= 0.6 is 34.5 Å². The fourth-order valence-corrected chi connectivity index (χ4v) is 6.97. The number of urea groups is 1.